The zero-order valence-electron chi connectivity index (χ0n) is 18.0. The summed E-state index contributed by atoms with van der Waals surface area (Å²) in [6, 6.07) is 14.2. The highest BCUT2D eigenvalue weighted by atomic mass is 32.1. The molecule has 4 rings (SSSR count). The topological polar surface area (TPSA) is 72.5 Å². The first-order valence-electron chi connectivity index (χ1n) is 10.8. The number of nitrogens with one attached hydrogen (secondary N) is 2. The summed E-state index contributed by atoms with van der Waals surface area (Å²) < 4.78 is 12.7. The summed E-state index contributed by atoms with van der Waals surface area (Å²) in [6.45, 7) is 6.47. The molecule has 1 aromatic heterocycles. The first-order valence-corrected chi connectivity index (χ1v) is 11.7. The van der Waals surface area contributed by atoms with Gasteiger partial charge in [0.1, 0.15) is 0 Å². The minimum Gasteiger partial charge on any atom is -0.490 e. The third kappa shape index (κ3) is 5.54. The fourth-order valence-electron chi connectivity index (χ4n) is 3.71. The van der Waals surface area contributed by atoms with Crippen LogP contribution in [-0.2, 0) is 11.2 Å². The maximum Gasteiger partial charge on any atom is 0.233 e. The quantitative estimate of drug-likeness (QED) is 0.553. The van der Waals surface area contributed by atoms with Crippen molar-refractivity contribution in [3.63, 3.8) is 0 Å². The Morgan fingerprint density at radius 3 is 2.74 bits per heavy atom. The van der Waals surface area contributed by atoms with Gasteiger partial charge in [-0.15, -0.1) is 11.3 Å². The van der Waals surface area contributed by atoms with E-state index in [9.17, 15) is 4.79 Å². The van der Waals surface area contributed by atoms with E-state index in [2.05, 4.69) is 41.6 Å². The van der Waals surface area contributed by atoms with Gasteiger partial charge >= 0.3 is 0 Å². The lowest BCUT2D eigenvalue weighted by Crippen LogP contribution is -2.38. The molecular formula is C24H29N3O3S. The van der Waals surface area contributed by atoms with Gasteiger partial charge in [0, 0.05) is 25.4 Å². The molecule has 0 aliphatic carbocycles. The normalized spacial score (nSPS) is 14.4. The van der Waals surface area contributed by atoms with Gasteiger partial charge in [-0.25, -0.2) is 4.98 Å². The Hall–Kier alpha value is -2.64. The fraction of sp³-hybridized carbons (Fsp3) is 0.417. The lowest BCUT2D eigenvalue weighted by atomic mass is 9.95. The predicted molar refractivity (Wildman–Crippen MR) is 124 cm³/mol. The minimum atomic E-state index is -0.0129. The summed E-state index contributed by atoms with van der Waals surface area (Å²) in [6.07, 6.45) is 1.62. The predicted octanol–water partition coefficient (Wildman–Crippen LogP) is 4.10. The maximum absolute atomic E-state index is 12.4. The average molecular weight is 440 g/mol. The van der Waals surface area contributed by atoms with Crippen molar-refractivity contribution in [2.75, 3.05) is 26.3 Å². The minimum absolute atomic E-state index is 0.0129. The van der Waals surface area contributed by atoms with Crippen molar-refractivity contribution in [1.82, 2.24) is 15.6 Å². The van der Waals surface area contributed by atoms with Crippen LogP contribution >= 0.6 is 11.3 Å². The molecule has 1 aliphatic rings. The zero-order valence-corrected chi connectivity index (χ0v) is 18.8. The Bertz CT molecular complexity index is 1000. The highest BCUT2D eigenvalue weighted by Gasteiger charge is 2.20. The molecule has 2 aromatic carbocycles. The second-order valence-corrected chi connectivity index (χ2v) is 9.15. The number of nitrogens with zero attached hydrogens (tertiary/aromatic N) is 1. The Balaban J connectivity index is 1.29. The van der Waals surface area contributed by atoms with Crippen LogP contribution in [0.5, 0.6) is 11.5 Å². The summed E-state index contributed by atoms with van der Waals surface area (Å²) >= 11 is 1.68. The van der Waals surface area contributed by atoms with Crippen molar-refractivity contribution in [2.45, 2.75) is 32.7 Å². The molecule has 0 fully saturated rings. The summed E-state index contributed by atoms with van der Waals surface area (Å²) in [5.41, 5.74) is 2.12. The standard InChI is InChI=1S/C24H29N3O3S/c1-16(2)24(17-8-9-19-20(14-17)30-13-5-12-29-19)26-15-22(28)25-11-10-23-27-18-6-3-4-7-21(18)31-23/h3-4,6-9,14,16,24,26H,5,10-13,15H2,1-2H3,(H,25,28)/t24-/m0/s1. The van der Waals surface area contributed by atoms with E-state index in [-0.39, 0.29) is 18.5 Å². The van der Waals surface area contributed by atoms with Gasteiger partial charge in [-0.2, -0.15) is 0 Å². The Morgan fingerprint density at radius 1 is 1.13 bits per heavy atom. The molecule has 0 radical (unpaired) electrons. The van der Waals surface area contributed by atoms with Crippen LogP contribution in [0.25, 0.3) is 10.2 Å². The lowest BCUT2D eigenvalue weighted by Gasteiger charge is -2.23. The molecule has 164 valence electrons. The molecule has 0 saturated heterocycles. The van der Waals surface area contributed by atoms with Crippen LogP contribution in [-0.4, -0.2) is 37.2 Å². The number of hydrogen-bond donors (Lipinski definition) is 2. The number of fused-ring (bicyclic) bond motifs is 2. The molecule has 0 unspecified atom stereocenters. The van der Waals surface area contributed by atoms with Crippen molar-refractivity contribution < 1.29 is 14.3 Å². The number of aromatic nitrogens is 1. The van der Waals surface area contributed by atoms with Crippen LogP contribution < -0.4 is 20.1 Å². The lowest BCUT2D eigenvalue weighted by molar-refractivity contribution is -0.120. The molecule has 3 aromatic rings. The summed E-state index contributed by atoms with van der Waals surface area (Å²) in [7, 11) is 0. The van der Waals surface area contributed by atoms with Gasteiger partial charge < -0.3 is 20.1 Å². The molecule has 1 amide bonds. The van der Waals surface area contributed by atoms with E-state index in [1.807, 2.05) is 30.3 Å². The van der Waals surface area contributed by atoms with Gasteiger partial charge in [0.05, 0.1) is 35.0 Å². The van der Waals surface area contributed by atoms with E-state index in [0.29, 0.717) is 25.7 Å². The van der Waals surface area contributed by atoms with Crippen molar-refractivity contribution in [1.29, 1.82) is 0 Å². The number of amides is 1. The van der Waals surface area contributed by atoms with Crippen LogP contribution in [0.3, 0.4) is 0 Å². The first-order chi connectivity index (χ1) is 15.1. The highest BCUT2D eigenvalue weighted by Crippen LogP contribution is 2.34. The summed E-state index contributed by atoms with van der Waals surface area (Å²) in [4.78, 5) is 17.0. The van der Waals surface area contributed by atoms with Gasteiger partial charge in [0.15, 0.2) is 11.5 Å². The van der Waals surface area contributed by atoms with Crippen LogP contribution in [0.15, 0.2) is 42.5 Å². The van der Waals surface area contributed by atoms with E-state index < -0.39 is 0 Å². The Morgan fingerprint density at radius 2 is 1.94 bits per heavy atom. The number of rotatable bonds is 8. The van der Waals surface area contributed by atoms with Crippen LogP contribution in [0.2, 0.25) is 0 Å². The zero-order chi connectivity index (χ0) is 21.6. The number of ether oxygens (including phenoxy) is 2. The SMILES string of the molecule is CC(C)[C@H](NCC(=O)NCCc1nc2ccccc2s1)c1ccc2c(c1)OCCCO2. The number of benzene rings is 2. The first kappa shape index (κ1) is 21.6. The maximum atomic E-state index is 12.4. The molecule has 0 saturated carbocycles. The van der Waals surface area contributed by atoms with Crippen LogP contribution in [0, 0.1) is 5.92 Å². The van der Waals surface area contributed by atoms with E-state index in [1.54, 1.807) is 11.3 Å². The Kier molecular flexibility index (Phi) is 7.04. The van der Waals surface area contributed by atoms with Gasteiger partial charge in [0.25, 0.3) is 0 Å². The summed E-state index contributed by atoms with van der Waals surface area (Å²) in [5.74, 6) is 1.88. The van der Waals surface area contributed by atoms with Crippen molar-refractivity contribution in [3.8, 4) is 11.5 Å². The molecular weight excluding hydrogens is 410 g/mol. The highest BCUT2D eigenvalue weighted by molar-refractivity contribution is 7.18. The smallest absolute Gasteiger partial charge is 0.233 e. The number of thiazole rings is 1. The van der Waals surface area contributed by atoms with Gasteiger partial charge in [0.2, 0.25) is 5.91 Å². The monoisotopic (exact) mass is 439 g/mol. The largest absolute Gasteiger partial charge is 0.490 e. The number of carbonyl (C=O) groups excluding carboxylic acids is 1. The fourth-order valence-corrected chi connectivity index (χ4v) is 4.68. The van der Waals surface area contributed by atoms with E-state index >= 15 is 0 Å². The van der Waals surface area contributed by atoms with Gasteiger partial charge in [-0.1, -0.05) is 32.0 Å². The average Bonchev–Trinajstić information content (AvgIpc) is 3.02. The van der Waals surface area contributed by atoms with Crippen LogP contribution in [0.4, 0.5) is 0 Å². The molecule has 7 heteroatoms. The molecule has 31 heavy (non-hydrogen) atoms. The molecule has 2 N–H and O–H groups in total. The molecule has 2 heterocycles. The third-order valence-electron chi connectivity index (χ3n) is 5.28. The third-order valence-corrected chi connectivity index (χ3v) is 6.38. The second-order valence-electron chi connectivity index (χ2n) is 8.03. The summed E-state index contributed by atoms with van der Waals surface area (Å²) in [5, 5.41) is 7.45. The van der Waals surface area contributed by atoms with E-state index in [4.69, 9.17) is 9.47 Å². The Labute approximate surface area is 187 Å². The molecule has 1 aliphatic heterocycles. The molecule has 1 atom stereocenters. The number of para-hydroxylation sites is 1. The molecule has 0 bridgehead atoms. The van der Waals surface area contributed by atoms with Gasteiger partial charge in [-0.05, 0) is 35.7 Å². The van der Waals surface area contributed by atoms with Crippen molar-refractivity contribution in [2.24, 2.45) is 5.92 Å². The van der Waals surface area contributed by atoms with E-state index in [0.717, 1.165) is 40.4 Å². The second kappa shape index (κ2) is 10.1. The van der Waals surface area contributed by atoms with Crippen molar-refractivity contribution >= 4 is 27.5 Å². The van der Waals surface area contributed by atoms with E-state index in [1.165, 1.54) is 4.70 Å². The number of hydrogen-bond acceptors (Lipinski definition) is 6. The van der Waals surface area contributed by atoms with Gasteiger partial charge in [-0.3, -0.25) is 4.79 Å². The molecule has 6 nitrogen and oxygen atoms in total. The van der Waals surface area contributed by atoms with Crippen molar-refractivity contribution in [3.05, 3.63) is 53.0 Å². The molecule has 0 spiro atoms. The van der Waals surface area contributed by atoms with Crippen LogP contribution in [0.1, 0.15) is 36.9 Å². The number of carbonyl (C=O) groups is 1.